The number of anilines is 1. The normalized spacial score (nSPS) is 16.3. The van der Waals surface area contributed by atoms with Gasteiger partial charge in [0.05, 0.1) is 27.8 Å². The van der Waals surface area contributed by atoms with Gasteiger partial charge in [0.25, 0.3) is 5.91 Å². The van der Waals surface area contributed by atoms with Gasteiger partial charge in [0, 0.05) is 30.3 Å². The van der Waals surface area contributed by atoms with Crippen LogP contribution < -0.4 is 4.90 Å². The van der Waals surface area contributed by atoms with E-state index in [2.05, 4.69) is 4.98 Å². The van der Waals surface area contributed by atoms with E-state index in [1.165, 1.54) is 27.8 Å². The predicted molar refractivity (Wildman–Crippen MR) is 141 cm³/mol. The first-order chi connectivity index (χ1) is 16.8. The molecule has 0 radical (unpaired) electrons. The molecule has 0 bridgehead atoms. The summed E-state index contributed by atoms with van der Waals surface area (Å²) in [7, 11) is -3.61. The molecule has 3 aromatic rings. The van der Waals surface area contributed by atoms with Crippen LogP contribution in [0.2, 0.25) is 5.02 Å². The van der Waals surface area contributed by atoms with Gasteiger partial charge in [-0.2, -0.15) is 4.31 Å². The van der Waals surface area contributed by atoms with Gasteiger partial charge in [-0.1, -0.05) is 36.8 Å². The monoisotopic (exact) mass is 535 g/mol. The average Bonchev–Trinajstić information content (AvgIpc) is 3.51. The largest absolute Gasteiger partial charge is 0.376 e. The minimum atomic E-state index is -3.61. The summed E-state index contributed by atoms with van der Waals surface area (Å²) in [6, 6.07) is 11.6. The van der Waals surface area contributed by atoms with Crippen LogP contribution in [0.1, 0.15) is 49.9 Å². The highest BCUT2D eigenvalue weighted by Crippen LogP contribution is 2.32. The van der Waals surface area contributed by atoms with Crippen LogP contribution in [0.3, 0.4) is 0 Å². The smallest absolute Gasteiger partial charge is 0.260 e. The number of carbonyl (C=O) groups is 1. The van der Waals surface area contributed by atoms with Crippen LogP contribution in [-0.2, 0) is 14.8 Å². The van der Waals surface area contributed by atoms with Crippen LogP contribution >= 0.6 is 22.9 Å². The fourth-order valence-corrected chi connectivity index (χ4v) is 7.04. The van der Waals surface area contributed by atoms with Crippen molar-refractivity contribution in [2.24, 2.45) is 0 Å². The molecule has 4 rings (SSSR count). The third-order valence-electron chi connectivity index (χ3n) is 5.91. The summed E-state index contributed by atoms with van der Waals surface area (Å²) in [6.07, 6.45) is 3.25. The number of hydrogen-bond acceptors (Lipinski definition) is 6. The van der Waals surface area contributed by atoms with E-state index in [9.17, 15) is 13.2 Å². The van der Waals surface area contributed by atoms with Gasteiger partial charge in [-0.3, -0.25) is 9.69 Å². The fraction of sp³-hybridized carbons (Fsp3) is 0.440. The number of thiazole rings is 1. The standard InChI is InChI=1S/C25H30ClN3O4S2/c1-3-13-28(14-4-2)35(31,32)21-10-7-18(8-11-21)24(30)29(17-20-6-5-15-33-20)25-27-22-12-9-19(26)16-23(22)34-25/h7-12,16,20H,3-6,13-15,17H2,1-2H3. The molecule has 0 saturated carbocycles. The summed E-state index contributed by atoms with van der Waals surface area (Å²) >= 11 is 7.54. The van der Waals surface area contributed by atoms with Crippen molar-refractivity contribution in [3.63, 3.8) is 0 Å². The highest BCUT2D eigenvalue weighted by atomic mass is 35.5. The fourth-order valence-electron chi connectivity index (χ4n) is 4.17. The molecular weight excluding hydrogens is 506 g/mol. The van der Waals surface area contributed by atoms with Crippen molar-refractivity contribution in [2.75, 3.05) is 31.1 Å². The number of sulfonamides is 1. The van der Waals surface area contributed by atoms with Crippen molar-refractivity contribution in [3.05, 3.63) is 53.1 Å². The number of aromatic nitrogens is 1. The molecule has 0 N–H and O–H groups in total. The third kappa shape index (κ3) is 5.86. The number of nitrogens with zero attached hydrogens (tertiary/aromatic N) is 3. The Bertz CT molecular complexity index is 1270. The number of rotatable bonds is 10. The number of hydrogen-bond donors (Lipinski definition) is 0. The van der Waals surface area contributed by atoms with Crippen molar-refractivity contribution in [2.45, 2.75) is 50.5 Å². The van der Waals surface area contributed by atoms with Crippen molar-refractivity contribution < 1.29 is 17.9 Å². The van der Waals surface area contributed by atoms with Gasteiger partial charge in [-0.25, -0.2) is 13.4 Å². The van der Waals surface area contributed by atoms with E-state index >= 15 is 0 Å². The number of ether oxygens (including phenoxy) is 1. The molecule has 188 valence electrons. The Kier molecular flexibility index (Phi) is 8.44. The second kappa shape index (κ2) is 11.3. The van der Waals surface area contributed by atoms with Crippen molar-refractivity contribution in [1.82, 2.24) is 9.29 Å². The zero-order chi connectivity index (χ0) is 25.0. The van der Waals surface area contributed by atoms with Crippen molar-refractivity contribution >= 4 is 54.2 Å². The van der Waals surface area contributed by atoms with E-state index in [-0.39, 0.29) is 16.9 Å². The molecule has 0 aliphatic carbocycles. The molecule has 1 aliphatic rings. The summed E-state index contributed by atoms with van der Waals surface area (Å²) in [6.45, 7) is 5.91. The SMILES string of the molecule is CCCN(CCC)S(=O)(=O)c1ccc(C(=O)N(CC2CCCO2)c2nc3ccc(Cl)cc3s2)cc1. The molecule has 2 heterocycles. The zero-order valence-electron chi connectivity index (χ0n) is 19.9. The maximum atomic E-state index is 13.6. The second-order valence-electron chi connectivity index (χ2n) is 8.59. The van der Waals surface area contributed by atoms with E-state index < -0.39 is 10.0 Å². The molecule has 1 atom stereocenters. The summed E-state index contributed by atoms with van der Waals surface area (Å²) in [5.41, 5.74) is 1.17. The van der Waals surface area contributed by atoms with Crippen LogP contribution in [0.4, 0.5) is 5.13 Å². The van der Waals surface area contributed by atoms with Crippen molar-refractivity contribution in [1.29, 1.82) is 0 Å². The Balaban J connectivity index is 1.63. The molecular formula is C25H30ClN3O4S2. The van der Waals surface area contributed by atoms with Gasteiger partial charge in [0.15, 0.2) is 5.13 Å². The lowest BCUT2D eigenvalue weighted by molar-refractivity contribution is 0.0917. The van der Waals surface area contributed by atoms with Crippen LogP contribution in [0, 0.1) is 0 Å². The molecule has 0 spiro atoms. The number of carbonyl (C=O) groups excluding carboxylic acids is 1. The molecule has 1 fully saturated rings. The number of benzene rings is 2. The summed E-state index contributed by atoms with van der Waals surface area (Å²) in [4.78, 5) is 20.1. The molecule has 1 aromatic heterocycles. The minimum absolute atomic E-state index is 0.0640. The molecule has 1 unspecified atom stereocenters. The Morgan fingerprint density at radius 1 is 1.14 bits per heavy atom. The van der Waals surface area contributed by atoms with Crippen LogP contribution in [0.5, 0.6) is 0 Å². The lowest BCUT2D eigenvalue weighted by Crippen LogP contribution is -2.37. The maximum Gasteiger partial charge on any atom is 0.260 e. The molecule has 7 nitrogen and oxygen atoms in total. The third-order valence-corrected chi connectivity index (χ3v) is 9.10. The number of halogens is 1. The molecule has 10 heteroatoms. The van der Waals surface area contributed by atoms with Gasteiger partial charge >= 0.3 is 0 Å². The van der Waals surface area contributed by atoms with Crippen LogP contribution in [0.25, 0.3) is 10.2 Å². The van der Waals surface area contributed by atoms with Crippen molar-refractivity contribution in [3.8, 4) is 0 Å². The quantitative estimate of drug-likeness (QED) is 0.338. The number of amides is 1. The van der Waals surface area contributed by atoms with Crippen LogP contribution in [-0.4, -0.2) is 56.0 Å². The van der Waals surface area contributed by atoms with E-state index in [0.29, 0.717) is 42.0 Å². The van der Waals surface area contributed by atoms with E-state index in [0.717, 1.165) is 35.9 Å². The topological polar surface area (TPSA) is 79.8 Å². The van der Waals surface area contributed by atoms with Gasteiger partial charge < -0.3 is 4.74 Å². The predicted octanol–water partition coefficient (Wildman–Crippen LogP) is 5.59. The Labute approximate surface area is 215 Å². The van der Waals surface area contributed by atoms with Gasteiger partial charge in [-0.05, 0) is 68.1 Å². The summed E-state index contributed by atoms with van der Waals surface area (Å²) < 4.78 is 34.4. The average molecular weight is 536 g/mol. The maximum absolute atomic E-state index is 13.6. The minimum Gasteiger partial charge on any atom is -0.376 e. The second-order valence-corrected chi connectivity index (χ2v) is 12.0. The lowest BCUT2D eigenvalue weighted by Gasteiger charge is -2.23. The zero-order valence-corrected chi connectivity index (χ0v) is 22.3. The Hall–Kier alpha value is -2.04. The first-order valence-electron chi connectivity index (χ1n) is 11.9. The highest BCUT2D eigenvalue weighted by molar-refractivity contribution is 7.89. The van der Waals surface area contributed by atoms with Gasteiger partial charge in [0.1, 0.15) is 0 Å². The summed E-state index contributed by atoms with van der Waals surface area (Å²) in [5, 5.41) is 1.18. The lowest BCUT2D eigenvalue weighted by atomic mass is 10.2. The first-order valence-corrected chi connectivity index (χ1v) is 14.6. The molecule has 35 heavy (non-hydrogen) atoms. The van der Waals surface area contributed by atoms with E-state index in [4.69, 9.17) is 16.3 Å². The van der Waals surface area contributed by atoms with E-state index in [1.54, 1.807) is 23.1 Å². The van der Waals surface area contributed by atoms with E-state index in [1.807, 2.05) is 26.0 Å². The highest BCUT2D eigenvalue weighted by Gasteiger charge is 2.28. The Morgan fingerprint density at radius 3 is 2.49 bits per heavy atom. The molecule has 2 aromatic carbocycles. The summed E-state index contributed by atoms with van der Waals surface area (Å²) in [5.74, 6) is -0.242. The Morgan fingerprint density at radius 2 is 1.86 bits per heavy atom. The molecule has 1 amide bonds. The molecule has 1 aliphatic heterocycles. The molecule has 1 saturated heterocycles. The number of fused-ring (bicyclic) bond motifs is 1. The van der Waals surface area contributed by atoms with Gasteiger partial charge in [0.2, 0.25) is 10.0 Å². The van der Waals surface area contributed by atoms with Crippen LogP contribution in [0.15, 0.2) is 47.4 Å². The van der Waals surface area contributed by atoms with Gasteiger partial charge in [-0.15, -0.1) is 0 Å². The first kappa shape index (κ1) is 26.0.